The molecular formula is C9H15N. The predicted molar refractivity (Wildman–Crippen MR) is 47.3 cm³/mol. The van der Waals surface area contributed by atoms with Crippen LogP contribution in [-0.4, -0.2) is 6.72 Å². The minimum atomic E-state index is 0.572. The molecule has 1 nitrogen and oxygen atoms in total. The first-order valence-corrected chi connectivity index (χ1v) is 3.51. The second-order valence-corrected chi connectivity index (χ2v) is 2.44. The van der Waals surface area contributed by atoms with Gasteiger partial charge in [0.15, 0.2) is 0 Å². The van der Waals surface area contributed by atoms with E-state index in [4.69, 9.17) is 0 Å². The van der Waals surface area contributed by atoms with Gasteiger partial charge in [0.25, 0.3) is 0 Å². The van der Waals surface area contributed by atoms with E-state index in [1.165, 1.54) is 5.57 Å². The fourth-order valence-electron chi connectivity index (χ4n) is 0.761. The largest absolute Gasteiger partial charge is 0.273 e. The molecule has 0 saturated heterocycles. The zero-order chi connectivity index (χ0) is 7.98. The van der Waals surface area contributed by atoms with E-state index in [1.807, 2.05) is 13.0 Å². The minimum absolute atomic E-state index is 0.572. The Morgan fingerprint density at radius 1 is 1.50 bits per heavy atom. The van der Waals surface area contributed by atoms with Gasteiger partial charge >= 0.3 is 0 Å². The Balaban J connectivity index is 4.10. The maximum Gasteiger partial charge on any atom is 0.0263 e. The van der Waals surface area contributed by atoms with Crippen molar-refractivity contribution in [2.45, 2.75) is 20.8 Å². The van der Waals surface area contributed by atoms with Crippen molar-refractivity contribution in [2.24, 2.45) is 10.9 Å². The summed E-state index contributed by atoms with van der Waals surface area (Å²) in [5, 5.41) is 0. The van der Waals surface area contributed by atoms with Crippen molar-refractivity contribution >= 4 is 6.72 Å². The molecule has 0 atom stereocenters. The normalized spacial score (nSPS) is 13.0. The Morgan fingerprint density at radius 3 is 2.40 bits per heavy atom. The number of hydrogen-bond donors (Lipinski definition) is 0. The number of allylic oxidation sites excluding steroid dienone is 3. The van der Waals surface area contributed by atoms with Gasteiger partial charge in [0.1, 0.15) is 0 Å². The smallest absolute Gasteiger partial charge is 0.0263 e. The molecule has 0 N–H and O–H groups in total. The summed E-state index contributed by atoms with van der Waals surface area (Å²) < 4.78 is 0. The summed E-state index contributed by atoms with van der Waals surface area (Å²) in [6, 6.07) is 0. The SMILES string of the molecule is C=N/C=C\C(=C/C)C(C)C. The van der Waals surface area contributed by atoms with Crippen LogP contribution in [0.4, 0.5) is 0 Å². The summed E-state index contributed by atoms with van der Waals surface area (Å²) >= 11 is 0. The van der Waals surface area contributed by atoms with Gasteiger partial charge in [-0.1, -0.05) is 19.9 Å². The molecule has 0 aliphatic heterocycles. The third-order valence-corrected chi connectivity index (χ3v) is 1.37. The Labute approximate surface area is 63.2 Å². The van der Waals surface area contributed by atoms with E-state index < -0.39 is 0 Å². The summed E-state index contributed by atoms with van der Waals surface area (Å²) in [5.74, 6) is 0.572. The monoisotopic (exact) mass is 137 g/mol. The van der Waals surface area contributed by atoms with Crippen molar-refractivity contribution in [1.29, 1.82) is 0 Å². The molecule has 0 radical (unpaired) electrons. The first kappa shape index (κ1) is 9.15. The second kappa shape index (κ2) is 4.98. The van der Waals surface area contributed by atoms with Crippen molar-refractivity contribution in [3.63, 3.8) is 0 Å². The van der Waals surface area contributed by atoms with Gasteiger partial charge in [-0.2, -0.15) is 0 Å². The van der Waals surface area contributed by atoms with Gasteiger partial charge in [0.05, 0.1) is 0 Å². The summed E-state index contributed by atoms with van der Waals surface area (Å²) in [7, 11) is 0. The molecule has 0 aliphatic rings. The van der Waals surface area contributed by atoms with Gasteiger partial charge in [0.2, 0.25) is 0 Å². The van der Waals surface area contributed by atoms with E-state index in [2.05, 4.69) is 31.6 Å². The fourth-order valence-corrected chi connectivity index (χ4v) is 0.761. The molecule has 0 aromatic carbocycles. The van der Waals surface area contributed by atoms with Crippen LogP contribution in [0.3, 0.4) is 0 Å². The van der Waals surface area contributed by atoms with E-state index in [-0.39, 0.29) is 0 Å². The Kier molecular flexibility index (Phi) is 4.55. The molecular weight excluding hydrogens is 122 g/mol. The maximum atomic E-state index is 3.63. The van der Waals surface area contributed by atoms with Crippen LogP contribution in [0.1, 0.15) is 20.8 Å². The average molecular weight is 137 g/mol. The number of rotatable bonds is 3. The summed E-state index contributed by atoms with van der Waals surface area (Å²) in [5.41, 5.74) is 1.30. The molecule has 10 heavy (non-hydrogen) atoms. The van der Waals surface area contributed by atoms with Crippen LogP contribution in [0.5, 0.6) is 0 Å². The van der Waals surface area contributed by atoms with Crippen LogP contribution in [0.2, 0.25) is 0 Å². The van der Waals surface area contributed by atoms with Crippen LogP contribution in [0.15, 0.2) is 28.9 Å². The van der Waals surface area contributed by atoms with Crippen LogP contribution in [-0.2, 0) is 0 Å². The lowest BCUT2D eigenvalue weighted by Gasteiger charge is -2.02. The van der Waals surface area contributed by atoms with E-state index >= 15 is 0 Å². The van der Waals surface area contributed by atoms with Gasteiger partial charge in [0, 0.05) is 6.20 Å². The van der Waals surface area contributed by atoms with Crippen molar-refractivity contribution in [1.82, 2.24) is 0 Å². The number of hydrogen-bond acceptors (Lipinski definition) is 1. The highest BCUT2D eigenvalue weighted by Gasteiger charge is 1.94. The summed E-state index contributed by atoms with van der Waals surface area (Å²) in [6.45, 7) is 9.70. The van der Waals surface area contributed by atoms with Crippen LogP contribution in [0, 0.1) is 5.92 Å². The Morgan fingerprint density at radius 2 is 2.10 bits per heavy atom. The molecule has 0 heterocycles. The Hall–Kier alpha value is -0.850. The van der Waals surface area contributed by atoms with Crippen molar-refractivity contribution in [3.05, 3.63) is 23.9 Å². The quantitative estimate of drug-likeness (QED) is 0.419. The fraction of sp³-hybridized carbons (Fsp3) is 0.444. The maximum absolute atomic E-state index is 3.63. The molecule has 56 valence electrons. The molecule has 0 saturated carbocycles. The summed E-state index contributed by atoms with van der Waals surface area (Å²) in [4.78, 5) is 3.63. The van der Waals surface area contributed by atoms with Gasteiger partial charge in [-0.25, -0.2) is 0 Å². The predicted octanol–water partition coefficient (Wildman–Crippen LogP) is 2.80. The third-order valence-electron chi connectivity index (χ3n) is 1.37. The van der Waals surface area contributed by atoms with E-state index in [9.17, 15) is 0 Å². The molecule has 0 fully saturated rings. The minimum Gasteiger partial charge on any atom is -0.273 e. The molecule has 0 amide bonds. The first-order valence-electron chi connectivity index (χ1n) is 3.51. The lowest BCUT2D eigenvalue weighted by atomic mass is 10.0. The molecule has 0 spiro atoms. The molecule has 0 rings (SSSR count). The number of aliphatic imine (C=N–C) groups is 1. The number of nitrogens with zero attached hydrogens (tertiary/aromatic N) is 1. The molecule has 0 aliphatic carbocycles. The highest BCUT2D eigenvalue weighted by molar-refractivity contribution is 5.28. The van der Waals surface area contributed by atoms with Crippen LogP contribution < -0.4 is 0 Å². The zero-order valence-electron chi connectivity index (χ0n) is 6.96. The van der Waals surface area contributed by atoms with Gasteiger partial charge in [-0.3, -0.25) is 4.99 Å². The van der Waals surface area contributed by atoms with Gasteiger partial charge in [-0.05, 0) is 31.2 Å². The molecule has 0 unspecified atom stereocenters. The lowest BCUT2D eigenvalue weighted by Crippen LogP contribution is -1.88. The molecule has 0 bridgehead atoms. The van der Waals surface area contributed by atoms with Crippen LogP contribution in [0.25, 0.3) is 0 Å². The van der Waals surface area contributed by atoms with Crippen molar-refractivity contribution < 1.29 is 0 Å². The van der Waals surface area contributed by atoms with Crippen molar-refractivity contribution in [2.75, 3.05) is 0 Å². The standard InChI is InChI=1S/C9H15N/c1-5-9(8(2)3)6-7-10-4/h5-8H,4H2,1-3H3/b7-6-,9-5+. The van der Waals surface area contributed by atoms with E-state index in [1.54, 1.807) is 6.20 Å². The van der Waals surface area contributed by atoms with Gasteiger partial charge in [-0.15, -0.1) is 0 Å². The van der Waals surface area contributed by atoms with Gasteiger partial charge < -0.3 is 0 Å². The topological polar surface area (TPSA) is 12.4 Å². The molecule has 0 aromatic heterocycles. The molecule has 0 aromatic rings. The van der Waals surface area contributed by atoms with Crippen LogP contribution >= 0.6 is 0 Å². The lowest BCUT2D eigenvalue weighted by molar-refractivity contribution is 0.789. The zero-order valence-corrected chi connectivity index (χ0v) is 6.96. The second-order valence-electron chi connectivity index (χ2n) is 2.44. The highest BCUT2D eigenvalue weighted by atomic mass is 14.6. The van der Waals surface area contributed by atoms with Crippen molar-refractivity contribution in [3.8, 4) is 0 Å². The average Bonchev–Trinajstić information content (AvgIpc) is 1.89. The third kappa shape index (κ3) is 3.23. The van der Waals surface area contributed by atoms with E-state index in [0.717, 1.165) is 0 Å². The van der Waals surface area contributed by atoms with E-state index in [0.29, 0.717) is 5.92 Å². The molecule has 1 heteroatoms. The highest BCUT2D eigenvalue weighted by Crippen LogP contribution is 2.09. The first-order chi connectivity index (χ1) is 4.72. The summed E-state index contributed by atoms with van der Waals surface area (Å²) in [6.07, 6.45) is 5.79. The Bertz CT molecular complexity index is 152.